The molecule has 1 aromatic heterocycles. The number of halogens is 1. The highest BCUT2D eigenvalue weighted by molar-refractivity contribution is 9.10. The lowest BCUT2D eigenvalue weighted by molar-refractivity contribution is 0.580. The SMILES string of the molecule is CNCc1sccc1S(=O)(=O)NCc1ccc(Br)cc1. The van der Waals surface area contributed by atoms with Crippen molar-refractivity contribution < 1.29 is 8.42 Å². The molecule has 0 fully saturated rings. The van der Waals surface area contributed by atoms with Gasteiger partial charge in [-0.15, -0.1) is 11.3 Å². The summed E-state index contributed by atoms with van der Waals surface area (Å²) in [5.74, 6) is 0. The Morgan fingerprint density at radius 1 is 1.15 bits per heavy atom. The van der Waals surface area contributed by atoms with E-state index >= 15 is 0 Å². The van der Waals surface area contributed by atoms with Crippen LogP contribution in [0.5, 0.6) is 0 Å². The summed E-state index contributed by atoms with van der Waals surface area (Å²) in [7, 11) is -1.67. The summed E-state index contributed by atoms with van der Waals surface area (Å²) in [6, 6.07) is 9.19. The van der Waals surface area contributed by atoms with Gasteiger partial charge in [-0.3, -0.25) is 0 Å². The van der Waals surface area contributed by atoms with Crippen LogP contribution in [0.2, 0.25) is 0 Å². The Kier molecular flexibility index (Phi) is 5.34. The van der Waals surface area contributed by atoms with Gasteiger partial charge in [0.05, 0.1) is 4.90 Å². The molecule has 0 spiro atoms. The highest BCUT2D eigenvalue weighted by Crippen LogP contribution is 2.22. The molecule has 0 unspecified atom stereocenters. The van der Waals surface area contributed by atoms with E-state index in [2.05, 4.69) is 26.0 Å². The molecule has 1 heterocycles. The third-order valence-corrected chi connectivity index (χ3v) is 5.78. The third kappa shape index (κ3) is 3.89. The summed E-state index contributed by atoms with van der Waals surface area (Å²) in [6.45, 7) is 0.830. The Labute approximate surface area is 131 Å². The molecule has 20 heavy (non-hydrogen) atoms. The van der Waals surface area contributed by atoms with Crippen LogP contribution in [-0.4, -0.2) is 15.5 Å². The number of sulfonamides is 1. The molecular formula is C13H15BrN2O2S2. The van der Waals surface area contributed by atoms with Crippen LogP contribution < -0.4 is 10.0 Å². The van der Waals surface area contributed by atoms with E-state index in [1.54, 1.807) is 18.5 Å². The molecule has 0 aliphatic carbocycles. The Morgan fingerprint density at radius 3 is 2.50 bits per heavy atom. The molecule has 1 aromatic carbocycles. The van der Waals surface area contributed by atoms with Crippen LogP contribution in [0.15, 0.2) is 45.1 Å². The van der Waals surface area contributed by atoms with Crippen LogP contribution in [0.25, 0.3) is 0 Å². The summed E-state index contributed by atoms with van der Waals surface area (Å²) in [4.78, 5) is 1.17. The fourth-order valence-electron chi connectivity index (χ4n) is 1.72. The molecule has 0 atom stereocenters. The van der Waals surface area contributed by atoms with Crippen LogP contribution in [0, 0.1) is 0 Å². The van der Waals surface area contributed by atoms with Gasteiger partial charge in [0.1, 0.15) is 0 Å². The number of hydrogen-bond donors (Lipinski definition) is 2. The minimum Gasteiger partial charge on any atom is -0.315 e. The zero-order valence-electron chi connectivity index (χ0n) is 10.9. The molecule has 0 saturated carbocycles. The molecule has 0 amide bonds. The van der Waals surface area contributed by atoms with E-state index in [0.717, 1.165) is 14.9 Å². The van der Waals surface area contributed by atoms with Gasteiger partial charge in [-0.25, -0.2) is 13.1 Å². The van der Waals surface area contributed by atoms with Gasteiger partial charge in [0, 0.05) is 22.4 Å². The van der Waals surface area contributed by atoms with Crippen molar-refractivity contribution in [1.82, 2.24) is 10.0 Å². The van der Waals surface area contributed by atoms with Gasteiger partial charge in [0.2, 0.25) is 10.0 Å². The van der Waals surface area contributed by atoms with Crippen molar-refractivity contribution in [3.8, 4) is 0 Å². The molecule has 2 N–H and O–H groups in total. The summed E-state index contributed by atoms with van der Waals surface area (Å²) in [6.07, 6.45) is 0. The number of hydrogen-bond acceptors (Lipinski definition) is 4. The van der Waals surface area contributed by atoms with Crippen molar-refractivity contribution in [2.24, 2.45) is 0 Å². The van der Waals surface area contributed by atoms with Gasteiger partial charge in [-0.1, -0.05) is 28.1 Å². The topological polar surface area (TPSA) is 58.2 Å². The summed E-state index contributed by atoms with van der Waals surface area (Å²) < 4.78 is 28.2. The van der Waals surface area contributed by atoms with Gasteiger partial charge < -0.3 is 5.32 Å². The third-order valence-electron chi connectivity index (χ3n) is 2.71. The second-order valence-corrected chi connectivity index (χ2v) is 7.84. The molecule has 0 bridgehead atoms. The average molecular weight is 375 g/mol. The van der Waals surface area contributed by atoms with Crippen LogP contribution in [0.1, 0.15) is 10.4 Å². The molecular weight excluding hydrogens is 360 g/mol. The normalized spacial score (nSPS) is 11.7. The number of rotatable bonds is 6. The second kappa shape index (κ2) is 6.82. The lowest BCUT2D eigenvalue weighted by Crippen LogP contribution is -2.24. The highest BCUT2D eigenvalue weighted by atomic mass is 79.9. The molecule has 0 aliphatic heterocycles. The van der Waals surface area contributed by atoms with Crippen LogP contribution >= 0.6 is 27.3 Å². The first-order valence-electron chi connectivity index (χ1n) is 5.98. The Hall–Kier alpha value is -0.730. The van der Waals surface area contributed by atoms with Crippen molar-refractivity contribution in [1.29, 1.82) is 0 Å². The zero-order valence-corrected chi connectivity index (χ0v) is 14.1. The lowest BCUT2D eigenvalue weighted by atomic mass is 10.2. The number of thiophene rings is 1. The molecule has 0 saturated heterocycles. The van der Waals surface area contributed by atoms with Crippen molar-refractivity contribution in [3.05, 3.63) is 50.6 Å². The fraction of sp³-hybridized carbons (Fsp3) is 0.231. The van der Waals surface area contributed by atoms with Crippen LogP contribution in [-0.2, 0) is 23.1 Å². The quantitative estimate of drug-likeness (QED) is 0.816. The first-order chi connectivity index (χ1) is 9.53. The van der Waals surface area contributed by atoms with Gasteiger partial charge in [0.15, 0.2) is 0 Å². The van der Waals surface area contributed by atoms with Gasteiger partial charge >= 0.3 is 0 Å². The van der Waals surface area contributed by atoms with E-state index in [0.29, 0.717) is 11.4 Å². The minimum atomic E-state index is -3.47. The molecule has 7 heteroatoms. The maximum Gasteiger partial charge on any atom is 0.242 e. The maximum atomic E-state index is 12.3. The predicted octanol–water partition coefficient (Wildman–Crippen LogP) is 2.71. The number of nitrogens with one attached hydrogen (secondary N) is 2. The van der Waals surface area contributed by atoms with E-state index in [1.165, 1.54) is 11.3 Å². The summed E-state index contributed by atoms with van der Waals surface area (Å²) in [5, 5.41) is 4.77. The van der Waals surface area contributed by atoms with Crippen LogP contribution in [0.4, 0.5) is 0 Å². The largest absolute Gasteiger partial charge is 0.315 e. The molecule has 0 radical (unpaired) electrons. The molecule has 4 nitrogen and oxygen atoms in total. The highest BCUT2D eigenvalue weighted by Gasteiger charge is 2.18. The smallest absolute Gasteiger partial charge is 0.242 e. The van der Waals surface area contributed by atoms with Crippen molar-refractivity contribution >= 4 is 37.3 Å². The molecule has 2 rings (SSSR count). The van der Waals surface area contributed by atoms with E-state index in [1.807, 2.05) is 24.3 Å². The van der Waals surface area contributed by atoms with Crippen LogP contribution in [0.3, 0.4) is 0 Å². The van der Waals surface area contributed by atoms with Gasteiger partial charge in [0.25, 0.3) is 0 Å². The Balaban J connectivity index is 2.11. The van der Waals surface area contributed by atoms with E-state index in [9.17, 15) is 8.42 Å². The van der Waals surface area contributed by atoms with Gasteiger partial charge in [-0.2, -0.15) is 0 Å². The molecule has 0 aliphatic rings. The Bertz CT molecular complexity index is 666. The van der Waals surface area contributed by atoms with Crippen molar-refractivity contribution in [3.63, 3.8) is 0 Å². The second-order valence-electron chi connectivity index (χ2n) is 4.19. The van der Waals surface area contributed by atoms with Gasteiger partial charge in [-0.05, 0) is 36.2 Å². The average Bonchev–Trinajstić information content (AvgIpc) is 2.88. The van der Waals surface area contributed by atoms with E-state index in [4.69, 9.17) is 0 Å². The predicted molar refractivity (Wildman–Crippen MR) is 85.3 cm³/mol. The summed E-state index contributed by atoms with van der Waals surface area (Å²) >= 11 is 4.79. The van der Waals surface area contributed by atoms with Crippen molar-refractivity contribution in [2.45, 2.75) is 18.0 Å². The lowest BCUT2D eigenvalue weighted by Gasteiger charge is -2.08. The van der Waals surface area contributed by atoms with E-state index in [-0.39, 0.29) is 6.54 Å². The molecule has 2 aromatic rings. The first-order valence-corrected chi connectivity index (χ1v) is 9.13. The minimum absolute atomic E-state index is 0.282. The fourth-order valence-corrected chi connectivity index (χ4v) is 4.45. The monoisotopic (exact) mass is 374 g/mol. The Morgan fingerprint density at radius 2 is 1.85 bits per heavy atom. The molecule has 108 valence electrons. The summed E-state index contributed by atoms with van der Waals surface area (Å²) in [5.41, 5.74) is 0.919. The standard InChI is InChI=1S/C13H15BrN2O2S2/c1-15-9-12-13(6-7-19-12)20(17,18)16-8-10-2-4-11(14)5-3-10/h2-7,15-16H,8-9H2,1H3. The van der Waals surface area contributed by atoms with Crippen molar-refractivity contribution in [2.75, 3.05) is 7.05 Å². The zero-order chi connectivity index (χ0) is 14.6. The number of benzene rings is 1. The first kappa shape index (κ1) is 15.7. The van der Waals surface area contributed by atoms with E-state index < -0.39 is 10.0 Å². The maximum absolute atomic E-state index is 12.3.